The zero-order chi connectivity index (χ0) is 15.6. The molecule has 0 unspecified atom stereocenters. The highest BCUT2D eigenvalue weighted by molar-refractivity contribution is 5.84. The van der Waals surface area contributed by atoms with Gasteiger partial charge in [0.2, 0.25) is 11.8 Å². The number of pyridine rings is 1. The lowest BCUT2D eigenvalue weighted by Gasteiger charge is -2.47. The van der Waals surface area contributed by atoms with Crippen LogP contribution in [-0.2, 0) is 11.3 Å². The van der Waals surface area contributed by atoms with Crippen molar-refractivity contribution in [2.75, 3.05) is 26.7 Å². The standard InChI is InChI=1S/C16H23N3O3/c1-22-14-4-3-12(9-18-14)10-19-8-5-13(20)16(11-19)6-2-7-17-15(16)21/h3-4,9,13,20H,2,5-8,10-11H2,1H3,(H,17,21)/t13-,16-/m1/s1. The Morgan fingerprint density at radius 3 is 3.09 bits per heavy atom. The molecule has 6 heteroatoms. The molecule has 2 atom stereocenters. The van der Waals surface area contributed by atoms with Gasteiger partial charge in [-0.3, -0.25) is 9.69 Å². The maximum absolute atomic E-state index is 12.3. The largest absolute Gasteiger partial charge is 0.481 e. The molecule has 2 saturated heterocycles. The molecular formula is C16H23N3O3. The molecule has 1 spiro atoms. The molecule has 1 amide bonds. The van der Waals surface area contributed by atoms with E-state index in [1.165, 1.54) is 0 Å². The van der Waals surface area contributed by atoms with Crippen LogP contribution >= 0.6 is 0 Å². The van der Waals surface area contributed by atoms with Crippen LogP contribution in [0.4, 0.5) is 0 Å². The molecule has 0 aliphatic carbocycles. The van der Waals surface area contributed by atoms with Gasteiger partial charge in [-0.2, -0.15) is 0 Å². The summed E-state index contributed by atoms with van der Waals surface area (Å²) in [5, 5.41) is 13.3. The van der Waals surface area contributed by atoms with Crippen molar-refractivity contribution in [2.24, 2.45) is 5.41 Å². The summed E-state index contributed by atoms with van der Waals surface area (Å²) in [6, 6.07) is 3.84. The van der Waals surface area contributed by atoms with Crippen LogP contribution in [0.5, 0.6) is 5.88 Å². The Kier molecular flexibility index (Phi) is 4.31. The first-order valence-electron chi connectivity index (χ1n) is 7.82. The predicted octanol–water partition coefficient (Wildman–Crippen LogP) is 0.553. The highest BCUT2D eigenvalue weighted by Crippen LogP contribution is 2.37. The van der Waals surface area contributed by atoms with Crippen molar-refractivity contribution in [3.63, 3.8) is 0 Å². The van der Waals surface area contributed by atoms with Gasteiger partial charge in [0.05, 0.1) is 18.6 Å². The van der Waals surface area contributed by atoms with Gasteiger partial charge in [-0.25, -0.2) is 4.98 Å². The highest BCUT2D eigenvalue weighted by atomic mass is 16.5. The number of carbonyl (C=O) groups is 1. The minimum absolute atomic E-state index is 0.00352. The van der Waals surface area contributed by atoms with Gasteiger partial charge in [0.25, 0.3) is 0 Å². The summed E-state index contributed by atoms with van der Waals surface area (Å²) in [6.45, 7) is 2.85. The second kappa shape index (κ2) is 6.22. The fourth-order valence-corrected chi connectivity index (χ4v) is 3.55. The van der Waals surface area contributed by atoms with Crippen LogP contribution in [0.3, 0.4) is 0 Å². The molecular weight excluding hydrogens is 282 g/mol. The maximum Gasteiger partial charge on any atom is 0.230 e. The number of likely N-dealkylation sites (tertiary alicyclic amines) is 1. The van der Waals surface area contributed by atoms with Crippen LogP contribution in [0.15, 0.2) is 18.3 Å². The number of carbonyl (C=O) groups excluding carboxylic acids is 1. The number of aliphatic hydroxyl groups is 1. The molecule has 1 aromatic rings. The van der Waals surface area contributed by atoms with Crippen LogP contribution in [0.1, 0.15) is 24.8 Å². The van der Waals surface area contributed by atoms with Crippen molar-refractivity contribution in [3.8, 4) is 5.88 Å². The van der Waals surface area contributed by atoms with Gasteiger partial charge >= 0.3 is 0 Å². The molecule has 1 aromatic heterocycles. The Morgan fingerprint density at radius 2 is 2.41 bits per heavy atom. The molecule has 2 aliphatic rings. The van der Waals surface area contributed by atoms with E-state index in [4.69, 9.17) is 4.74 Å². The Hall–Kier alpha value is -1.66. The topological polar surface area (TPSA) is 74.7 Å². The first-order chi connectivity index (χ1) is 10.6. The van der Waals surface area contributed by atoms with Gasteiger partial charge in [0, 0.05) is 38.4 Å². The predicted molar refractivity (Wildman–Crippen MR) is 81.4 cm³/mol. The molecule has 22 heavy (non-hydrogen) atoms. The first-order valence-corrected chi connectivity index (χ1v) is 7.82. The number of nitrogens with zero attached hydrogens (tertiary/aromatic N) is 2. The van der Waals surface area contributed by atoms with Crippen LogP contribution in [0.2, 0.25) is 0 Å². The summed E-state index contributed by atoms with van der Waals surface area (Å²) in [6.07, 6.45) is 3.59. The molecule has 6 nitrogen and oxygen atoms in total. The summed E-state index contributed by atoms with van der Waals surface area (Å²) in [4.78, 5) is 18.8. The molecule has 2 fully saturated rings. The summed E-state index contributed by atoms with van der Waals surface area (Å²) >= 11 is 0. The number of rotatable bonds is 3. The lowest BCUT2D eigenvalue weighted by atomic mass is 9.71. The third-order valence-corrected chi connectivity index (χ3v) is 4.81. The Labute approximate surface area is 130 Å². The zero-order valence-corrected chi connectivity index (χ0v) is 12.9. The summed E-state index contributed by atoms with van der Waals surface area (Å²) < 4.78 is 5.07. The molecule has 0 saturated carbocycles. The molecule has 3 rings (SSSR count). The third kappa shape index (κ3) is 2.80. The Bertz CT molecular complexity index is 534. The number of hydrogen-bond donors (Lipinski definition) is 2. The molecule has 2 aliphatic heterocycles. The van der Waals surface area contributed by atoms with Crippen molar-refractivity contribution in [1.29, 1.82) is 0 Å². The van der Waals surface area contributed by atoms with E-state index >= 15 is 0 Å². The average Bonchev–Trinajstić information content (AvgIpc) is 2.54. The van der Waals surface area contributed by atoms with Crippen molar-refractivity contribution in [2.45, 2.75) is 31.9 Å². The minimum atomic E-state index is -0.642. The number of aromatic nitrogens is 1. The summed E-state index contributed by atoms with van der Waals surface area (Å²) in [5.41, 5.74) is 0.444. The van der Waals surface area contributed by atoms with Crippen molar-refractivity contribution in [1.82, 2.24) is 15.2 Å². The van der Waals surface area contributed by atoms with Gasteiger partial charge in [-0.1, -0.05) is 6.07 Å². The lowest BCUT2D eigenvalue weighted by molar-refractivity contribution is -0.149. The first kappa shape index (κ1) is 15.2. The van der Waals surface area contributed by atoms with Gasteiger partial charge < -0.3 is 15.2 Å². The monoisotopic (exact) mass is 305 g/mol. The maximum atomic E-state index is 12.3. The quantitative estimate of drug-likeness (QED) is 0.853. The van der Waals surface area contributed by atoms with E-state index in [9.17, 15) is 9.90 Å². The van der Waals surface area contributed by atoms with E-state index in [1.54, 1.807) is 13.3 Å². The Morgan fingerprint density at radius 1 is 1.55 bits per heavy atom. The smallest absolute Gasteiger partial charge is 0.230 e. The van der Waals surface area contributed by atoms with Gasteiger partial charge in [-0.15, -0.1) is 0 Å². The van der Waals surface area contributed by atoms with E-state index < -0.39 is 11.5 Å². The highest BCUT2D eigenvalue weighted by Gasteiger charge is 2.49. The second-order valence-corrected chi connectivity index (χ2v) is 6.24. The number of nitrogens with one attached hydrogen (secondary N) is 1. The number of hydrogen-bond acceptors (Lipinski definition) is 5. The molecule has 0 radical (unpaired) electrons. The van der Waals surface area contributed by atoms with Gasteiger partial charge in [0.1, 0.15) is 0 Å². The SMILES string of the molecule is COc1ccc(CN2CC[C@@H](O)[C@@]3(CCCNC3=O)C2)cn1. The van der Waals surface area contributed by atoms with Crippen LogP contribution in [0.25, 0.3) is 0 Å². The summed E-state index contributed by atoms with van der Waals surface area (Å²) in [7, 11) is 1.60. The molecule has 0 aromatic carbocycles. The van der Waals surface area contributed by atoms with Crippen LogP contribution in [0, 0.1) is 5.41 Å². The number of methoxy groups -OCH3 is 1. The fraction of sp³-hybridized carbons (Fsp3) is 0.625. The normalized spacial score (nSPS) is 29.4. The van der Waals surface area contributed by atoms with Gasteiger partial charge in [0.15, 0.2) is 0 Å². The zero-order valence-electron chi connectivity index (χ0n) is 12.9. The van der Waals surface area contributed by atoms with E-state index in [1.807, 2.05) is 12.1 Å². The van der Waals surface area contributed by atoms with E-state index in [0.717, 1.165) is 38.0 Å². The van der Waals surface area contributed by atoms with Gasteiger partial charge in [-0.05, 0) is 24.8 Å². The number of piperidine rings is 2. The Balaban J connectivity index is 1.71. The minimum Gasteiger partial charge on any atom is -0.481 e. The third-order valence-electron chi connectivity index (χ3n) is 4.81. The molecule has 0 bridgehead atoms. The van der Waals surface area contributed by atoms with E-state index in [2.05, 4.69) is 15.2 Å². The fourth-order valence-electron chi connectivity index (χ4n) is 3.55. The molecule has 3 heterocycles. The van der Waals surface area contributed by atoms with E-state index in [-0.39, 0.29) is 5.91 Å². The number of aliphatic hydroxyl groups excluding tert-OH is 1. The van der Waals surface area contributed by atoms with Crippen LogP contribution < -0.4 is 10.1 Å². The lowest BCUT2D eigenvalue weighted by Crippen LogP contribution is -2.61. The number of amides is 1. The van der Waals surface area contributed by atoms with Crippen molar-refractivity contribution < 1.29 is 14.6 Å². The average molecular weight is 305 g/mol. The van der Waals surface area contributed by atoms with Crippen molar-refractivity contribution >= 4 is 5.91 Å². The number of ether oxygens (including phenoxy) is 1. The van der Waals surface area contributed by atoms with Crippen LogP contribution in [-0.4, -0.2) is 53.7 Å². The second-order valence-electron chi connectivity index (χ2n) is 6.24. The molecule has 2 N–H and O–H groups in total. The van der Waals surface area contributed by atoms with E-state index in [0.29, 0.717) is 18.8 Å². The molecule has 120 valence electrons. The van der Waals surface area contributed by atoms with Crippen molar-refractivity contribution in [3.05, 3.63) is 23.9 Å². The summed E-state index contributed by atoms with van der Waals surface area (Å²) in [5.74, 6) is 0.602.